The van der Waals surface area contributed by atoms with Crippen LogP contribution in [-0.2, 0) is 0 Å². The van der Waals surface area contributed by atoms with Crippen LogP contribution in [0.25, 0.3) is 22.2 Å². The number of nitrogens with two attached hydrogens (primary N) is 1. The minimum atomic E-state index is 0.535. The molecule has 0 aliphatic heterocycles. The maximum absolute atomic E-state index is 5.76. The van der Waals surface area contributed by atoms with Crippen LogP contribution in [0.1, 0.15) is 5.56 Å². The molecule has 2 heterocycles. The van der Waals surface area contributed by atoms with Gasteiger partial charge < -0.3 is 5.73 Å². The maximum atomic E-state index is 5.76. The Balaban J connectivity index is 2.34. The van der Waals surface area contributed by atoms with Gasteiger partial charge in [0.15, 0.2) is 0 Å². The van der Waals surface area contributed by atoms with Crippen molar-refractivity contribution in [1.82, 2.24) is 15.2 Å². The Bertz CT molecular complexity index is 679. The lowest BCUT2D eigenvalue weighted by Crippen LogP contribution is -1.88. The molecule has 3 rings (SSSR count). The number of H-pyrrole nitrogens is 1. The van der Waals surface area contributed by atoms with Gasteiger partial charge in [0.05, 0.1) is 11.2 Å². The Morgan fingerprint density at radius 2 is 2.00 bits per heavy atom. The molecule has 0 atom stereocenters. The molecule has 0 aliphatic carbocycles. The quantitative estimate of drug-likeness (QED) is 0.667. The number of hydrogen-bond acceptors (Lipinski definition) is 3. The molecule has 4 nitrogen and oxygen atoms in total. The van der Waals surface area contributed by atoms with Crippen molar-refractivity contribution in [1.29, 1.82) is 0 Å². The summed E-state index contributed by atoms with van der Waals surface area (Å²) in [5, 5.41) is 8.10. The van der Waals surface area contributed by atoms with Crippen LogP contribution in [-0.4, -0.2) is 15.2 Å². The van der Waals surface area contributed by atoms with Gasteiger partial charge in [0, 0.05) is 22.7 Å². The summed E-state index contributed by atoms with van der Waals surface area (Å²) in [6.45, 7) is 1.95. The highest BCUT2D eigenvalue weighted by Crippen LogP contribution is 2.29. The molecule has 0 aliphatic rings. The molecule has 17 heavy (non-hydrogen) atoms. The number of aromatic nitrogens is 3. The molecule has 0 bridgehead atoms. The molecule has 3 aromatic rings. The van der Waals surface area contributed by atoms with Crippen LogP contribution < -0.4 is 5.73 Å². The van der Waals surface area contributed by atoms with Gasteiger partial charge in [0.1, 0.15) is 5.82 Å². The van der Waals surface area contributed by atoms with Crippen molar-refractivity contribution >= 4 is 16.7 Å². The first-order valence-electron chi connectivity index (χ1n) is 5.42. The predicted octanol–water partition coefficient (Wildman–Crippen LogP) is 2.52. The highest BCUT2D eigenvalue weighted by atomic mass is 15.2. The van der Waals surface area contributed by atoms with E-state index in [-0.39, 0.29) is 0 Å². The SMILES string of the molecule is Cc1c(N)n[nH]c1-c1cccc2cccnc12. The van der Waals surface area contributed by atoms with E-state index < -0.39 is 0 Å². The van der Waals surface area contributed by atoms with Gasteiger partial charge >= 0.3 is 0 Å². The molecule has 0 amide bonds. The average molecular weight is 224 g/mol. The minimum Gasteiger partial charge on any atom is -0.382 e. The third-order valence-corrected chi connectivity index (χ3v) is 2.95. The number of hydrogen-bond donors (Lipinski definition) is 2. The Morgan fingerprint density at radius 3 is 2.76 bits per heavy atom. The number of nitrogen functional groups attached to an aromatic ring is 1. The summed E-state index contributed by atoms with van der Waals surface area (Å²) in [6, 6.07) is 10.0. The molecule has 0 unspecified atom stereocenters. The molecule has 0 saturated carbocycles. The van der Waals surface area contributed by atoms with Crippen molar-refractivity contribution in [2.75, 3.05) is 5.73 Å². The lowest BCUT2D eigenvalue weighted by atomic mass is 10.0. The Morgan fingerprint density at radius 1 is 1.18 bits per heavy atom. The summed E-state index contributed by atoms with van der Waals surface area (Å²) in [6.07, 6.45) is 1.79. The third-order valence-electron chi connectivity index (χ3n) is 2.95. The fraction of sp³-hybridized carbons (Fsp3) is 0.0769. The highest BCUT2D eigenvalue weighted by Gasteiger charge is 2.11. The molecular weight excluding hydrogens is 212 g/mol. The molecule has 1 aromatic carbocycles. The normalized spacial score (nSPS) is 10.9. The molecule has 0 saturated heterocycles. The summed E-state index contributed by atoms with van der Waals surface area (Å²) in [7, 11) is 0. The van der Waals surface area contributed by atoms with E-state index in [4.69, 9.17) is 5.73 Å². The largest absolute Gasteiger partial charge is 0.382 e. The first-order chi connectivity index (χ1) is 8.27. The number of rotatable bonds is 1. The van der Waals surface area contributed by atoms with Crippen molar-refractivity contribution in [3.05, 3.63) is 42.1 Å². The summed E-state index contributed by atoms with van der Waals surface area (Å²) >= 11 is 0. The zero-order valence-electron chi connectivity index (χ0n) is 9.44. The smallest absolute Gasteiger partial charge is 0.148 e. The fourth-order valence-corrected chi connectivity index (χ4v) is 1.98. The van der Waals surface area contributed by atoms with Crippen molar-refractivity contribution in [3.63, 3.8) is 0 Å². The zero-order valence-corrected chi connectivity index (χ0v) is 9.44. The van der Waals surface area contributed by atoms with Crippen molar-refractivity contribution < 1.29 is 0 Å². The number of nitrogens with one attached hydrogen (secondary N) is 1. The van der Waals surface area contributed by atoms with E-state index in [2.05, 4.69) is 15.2 Å². The highest BCUT2D eigenvalue weighted by molar-refractivity contribution is 5.93. The molecule has 2 aromatic heterocycles. The number of aromatic amines is 1. The molecule has 4 heteroatoms. The third kappa shape index (κ3) is 1.45. The topological polar surface area (TPSA) is 67.6 Å². The van der Waals surface area contributed by atoms with E-state index in [0.29, 0.717) is 5.82 Å². The van der Waals surface area contributed by atoms with Crippen LogP contribution in [0.2, 0.25) is 0 Å². The zero-order chi connectivity index (χ0) is 11.8. The minimum absolute atomic E-state index is 0.535. The van der Waals surface area contributed by atoms with Gasteiger partial charge in [-0.3, -0.25) is 10.1 Å². The van der Waals surface area contributed by atoms with E-state index in [1.807, 2.05) is 37.3 Å². The van der Waals surface area contributed by atoms with Crippen molar-refractivity contribution in [2.24, 2.45) is 0 Å². The monoisotopic (exact) mass is 224 g/mol. The van der Waals surface area contributed by atoms with Crippen LogP contribution in [0.5, 0.6) is 0 Å². The van der Waals surface area contributed by atoms with E-state index in [0.717, 1.165) is 27.7 Å². The van der Waals surface area contributed by atoms with Gasteiger partial charge in [-0.05, 0) is 13.0 Å². The van der Waals surface area contributed by atoms with E-state index in [1.54, 1.807) is 6.20 Å². The fourth-order valence-electron chi connectivity index (χ4n) is 1.98. The number of pyridine rings is 1. The summed E-state index contributed by atoms with van der Waals surface area (Å²) in [5.74, 6) is 0.535. The second kappa shape index (κ2) is 3.59. The predicted molar refractivity (Wildman–Crippen MR) is 68.5 cm³/mol. The molecule has 0 fully saturated rings. The summed E-state index contributed by atoms with van der Waals surface area (Å²) in [4.78, 5) is 4.42. The average Bonchev–Trinajstić information content (AvgIpc) is 2.69. The van der Waals surface area contributed by atoms with E-state index >= 15 is 0 Å². The molecule has 0 radical (unpaired) electrons. The number of anilines is 1. The first-order valence-corrected chi connectivity index (χ1v) is 5.42. The van der Waals surface area contributed by atoms with Gasteiger partial charge in [-0.15, -0.1) is 0 Å². The van der Waals surface area contributed by atoms with Gasteiger partial charge in [-0.25, -0.2) is 0 Å². The Hall–Kier alpha value is -2.36. The van der Waals surface area contributed by atoms with E-state index in [1.165, 1.54) is 0 Å². The number of nitrogens with zero attached hydrogens (tertiary/aromatic N) is 2. The Labute approximate surface area is 98.5 Å². The van der Waals surface area contributed by atoms with Crippen LogP contribution >= 0.6 is 0 Å². The Kier molecular flexibility index (Phi) is 2.08. The van der Waals surface area contributed by atoms with Gasteiger partial charge in [0.25, 0.3) is 0 Å². The van der Waals surface area contributed by atoms with Gasteiger partial charge in [-0.2, -0.15) is 5.10 Å². The van der Waals surface area contributed by atoms with Crippen LogP contribution in [0.4, 0.5) is 5.82 Å². The standard InChI is InChI=1S/C13H12N4/c1-8-11(16-17-13(8)14)10-6-2-4-9-5-3-7-15-12(9)10/h2-7H,1H3,(H3,14,16,17). The second-order valence-electron chi connectivity index (χ2n) is 3.99. The van der Waals surface area contributed by atoms with Crippen molar-refractivity contribution in [2.45, 2.75) is 6.92 Å². The summed E-state index contributed by atoms with van der Waals surface area (Å²) in [5.41, 5.74) is 9.65. The number of benzene rings is 1. The molecule has 3 N–H and O–H groups in total. The van der Waals surface area contributed by atoms with E-state index in [9.17, 15) is 0 Å². The first kappa shape index (κ1) is 9.84. The van der Waals surface area contributed by atoms with Gasteiger partial charge in [0.2, 0.25) is 0 Å². The van der Waals surface area contributed by atoms with Crippen LogP contribution in [0.3, 0.4) is 0 Å². The number of fused-ring (bicyclic) bond motifs is 1. The molecule has 84 valence electrons. The molecular formula is C13H12N4. The second-order valence-corrected chi connectivity index (χ2v) is 3.99. The lowest BCUT2D eigenvalue weighted by Gasteiger charge is -2.04. The lowest BCUT2D eigenvalue weighted by molar-refractivity contribution is 1.10. The molecule has 0 spiro atoms. The van der Waals surface area contributed by atoms with Crippen molar-refractivity contribution in [3.8, 4) is 11.3 Å². The number of para-hydroxylation sites is 1. The van der Waals surface area contributed by atoms with Crippen LogP contribution in [0, 0.1) is 6.92 Å². The maximum Gasteiger partial charge on any atom is 0.148 e. The summed E-state index contributed by atoms with van der Waals surface area (Å²) < 4.78 is 0. The van der Waals surface area contributed by atoms with Crippen LogP contribution in [0.15, 0.2) is 36.5 Å². The van der Waals surface area contributed by atoms with Gasteiger partial charge in [-0.1, -0.05) is 24.3 Å².